The van der Waals surface area contributed by atoms with Gasteiger partial charge in [-0.25, -0.2) is 4.39 Å². The lowest BCUT2D eigenvalue weighted by Crippen LogP contribution is -2.35. The predicted octanol–water partition coefficient (Wildman–Crippen LogP) is 2.55. The number of alkyl halides is 1. The second kappa shape index (κ2) is 4.05. The fourth-order valence-corrected chi connectivity index (χ4v) is 1.61. The Morgan fingerprint density at radius 2 is 2.27 bits per heavy atom. The van der Waals surface area contributed by atoms with E-state index in [9.17, 15) is 4.39 Å². The molecule has 1 aliphatic rings. The molecule has 1 saturated heterocycles. The van der Waals surface area contributed by atoms with Crippen molar-refractivity contribution < 1.29 is 9.13 Å². The van der Waals surface area contributed by atoms with E-state index in [1.807, 2.05) is 6.92 Å². The normalized spacial score (nSPS) is 39.0. The lowest BCUT2D eigenvalue weighted by molar-refractivity contribution is -0.0627. The van der Waals surface area contributed by atoms with Crippen molar-refractivity contribution in [3.05, 3.63) is 0 Å². The lowest BCUT2D eigenvalue weighted by Gasteiger charge is -2.31. The van der Waals surface area contributed by atoms with Crippen molar-refractivity contribution in [1.82, 2.24) is 0 Å². The van der Waals surface area contributed by atoms with E-state index in [1.54, 1.807) is 0 Å². The van der Waals surface area contributed by atoms with Crippen LogP contribution in [-0.2, 0) is 4.74 Å². The van der Waals surface area contributed by atoms with Crippen LogP contribution in [-0.4, -0.2) is 18.9 Å². The van der Waals surface area contributed by atoms with Gasteiger partial charge in [0.15, 0.2) is 0 Å². The van der Waals surface area contributed by atoms with Gasteiger partial charge < -0.3 is 4.74 Å². The van der Waals surface area contributed by atoms with Crippen LogP contribution in [0.25, 0.3) is 0 Å². The van der Waals surface area contributed by atoms with Gasteiger partial charge in [-0.15, -0.1) is 0 Å². The van der Waals surface area contributed by atoms with Gasteiger partial charge in [-0.3, -0.25) is 0 Å². The zero-order chi connectivity index (χ0) is 8.27. The Balaban J connectivity index is 2.38. The maximum Gasteiger partial charge on any atom is 0.107 e. The first-order chi connectivity index (χ1) is 5.25. The van der Waals surface area contributed by atoms with E-state index in [0.29, 0.717) is 13.0 Å². The maximum atomic E-state index is 13.1. The summed E-state index contributed by atoms with van der Waals surface area (Å²) in [6.07, 6.45) is 2.20. The highest BCUT2D eigenvalue weighted by molar-refractivity contribution is 4.77. The molecule has 3 atom stereocenters. The van der Waals surface area contributed by atoms with Crippen LogP contribution < -0.4 is 0 Å². The van der Waals surface area contributed by atoms with E-state index in [1.165, 1.54) is 0 Å². The van der Waals surface area contributed by atoms with Gasteiger partial charge in [-0.05, 0) is 6.42 Å². The molecule has 0 aromatic carbocycles. The molecule has 1 rings (SSSR count). The minimum absolute atomic E-state index is 0.101. The maximum absolute atomic E-state index is 13.1. The summed E-state index contributed by atoms with van der Waals surface area (Å²) in [4.78, 5) is 0. The molecule has 0 aromatic rings. The van der Waals surface area contributed by atoms with Crippen molar-refractivity contribution in [2.45, 2.75) is 45.4 Å². The highest BCUT2D eigenvalue weighted by Crippen LogP contribution is 2.26. The smallest absolute Gasteiger partial charge is 0.107 e. The van der Waals surface area contributed by atoms with Crippen LogP contribution in [0.4, 0.5) is 4.39 Å². The van der Waals surface area contributed by atoms with E-state index in [-0.39, 0.29) is 12.0 Å². The molecule has 0 amide bonds. The first-order valence-corrected chi connectivity index (χ1v) is 4.51. The Hall–Kier alpha value is -0.110. The third-order valence-corrected chi connectivity index (χ3v) is 2.46. The van der Waals surface area contributed by atoms with Crippen LogP contribution in [0.2, 0.25) is 0 Å². The van der Waals surface area contributed by atoms with Crippen molar-refractivity contribution in [2.75, 3.05) is 6.61 Å². The van der Waals surface area contributed by atoms with E-state index >= 15 is 0 Å². The molecule has 2 heteroatoms. The molecule has 0 bridgehead atoms. The summed E-state index contributed by atoms with van der Waals surface area (Å²) in [6.45, 7) is 4.66. The van der Waals surface area contributed by atoms with E-state index in [2.05, 4.69) is 6.92 Å². The average Bonchev–Trinajstić information content (AvgIpc) is 1.99. The molecule has 1 nitrogen and oxygen atoms in total. The lowest BCUT2D eigenvalue weighted by atomic mass is 9.92. The van der Waals surface area contributed by atoms with Gasteiger partial charge in [0.1, 0.15) is 6.17 Å². The summed E-state index contributed by atoms with van der Waals surface area (Å²) < 4.78 is 18.5. The third-order valence-electron chi connectivity index (χ3n) is 2.46. The number of hydrogen-bond acceptors (Lipinski definition) is 1. The summed E-state index contributed by atoms with van der Waals surface area (Å²) in [7, 11) is 0. The molecule has 1 fully saturated rings. The molecule has 0 radical (unpaired) electrons. The minimum atomic E-state index is -0.639. The van der Waals surface area contributed by atoms with Crippen LogP contribution in [0.5, 0.6) is 0 Å². The van der Waals surface area contributed by atoms with Gasteiger partial charge in [0.2, 0.25) is 0 Å². The summed E-state index contributed by atoms with van der Waals surface area (Å²) in [5.41, 5.74) is 0. The molecule has 11 heavy (non-hydrogen) atoms. The van der Waals surface area contributed by atoms with Crippen LogP contribution in [0.3, 0.4) is 0 Å². The molecule has 0 aliphatic carbocycles. The topological polar surface area (TPSA) is 9.23 Å². The third kappa shape index (κ3) is 2.16. The zero-order valence-corrected chi connectivity index (χ0v) is 7.35. The zero-order valence-electron chi connectivity index (χ0n) is 7.35. The van der Waals surface area contributed by atoms with Crippen LogP contribution >= 0.6 is 0 Å². The molecule has 1 heterocycles. The van der Waals surface area contributed by atoms with Crippen molar-refractivity contribution in [3.63, 3.8) is 0 Å². The Morgan fingerprint density at radius 3 is 2.91 bits per heavy atom. The molecule has 3 unspecified atom stereocenters. The van der Waals surface area contributed by atoms with Gasteiger partial charge in [0, 0.05) is 18.9 Å². The molecule has 0 saturated carbocycles. The van der Waals surface area contributed by atoms with Crippen molar-refractivity contribution in [1.29, 1.82) is 0 Å². The van der Waals surface area contributed by atoms with E-state index in [4.69, 9.17) is 4.74 Å². The Labute approximate surface area is 67.9 Å². The SMILES string of the molecule is CCCC1OCCC(F)C1C. The average molecular weight is 160 g/mol. The van der Waals surface area contributed by atoms with Gasteiger partial charge in [0.25, 0.3) is 0 Å². The van der Waals surface area contributed by atoms with E-state index in [0.717, 1.165) is 12.8 Å². The number of ether oxygens (including phenoxy) is 1. The standard InChI is InChI=1S/C9H17FO/c1-3-4-9-7(2)8(10)5-6-11-9/h7-9H,3-6H2,1-2H3. The molecular weight excluding hydrogens is 143 g/mol. The second-order valence-electron chi connectivity index (χ2n) is 3.36. The van der Waals surface area contributed by atoms with Gasteiger partial charge >= 0.3 is 0 Å². The largest absolute Gasteiger partial charge is 0.378 e. The Morgan fingerprint density at radius 1 is 1.55 bits per heavy atom. The number of hydrogen-bond donors (Lipinski definition) is 0. The molecular formula is C9H17FO. The second-order valence-corrected chi connectivity index (χ2v) is 3.36. The van der Waals surface area contributed by atoms with Crippen LogP contribution in [0.1, 0.15) is 33.1 Å². The van der Waals surface area contributed by atoms with E-state index < -0.39 is 6.17 Å². The van der Waals surface area contributed by atoms with Crippen LogP contribution in [0, 0.1) is 5.92 Å². The predicted molar refractivity (Wildman–Crippen MR) is 43.3 cm³/mol. The monoisotopic (exact) mass is 160 g/mol. The Bertz CT molecular complexity index is 114. The van der Waals surface area contributed by atoms with Gasteiger partial charge in [0.05, 0.1) is 6.10 Å². The summed E-state index contributed by atoms with van der Waals surface area (Å²) >= 11 is 0. The van der Waals surface area contributed by atoms with Crippen molar-refractivity contribution in [2.24, 2.45) is 5.92 Å². The van der Waals surface area contributed by atoms with Crippen molar-refractivity contribution >= 4 is 0 Å². The minimum Gasteiger partial charge on any atom is -0.378 e. The van der Waals surface area contributed by atoms with Gasteiger partial charge in [-0.2, -0.15) is 0 Å². The Kier molecular flexibility index (Phi) is 3.31. The summed E-state index contributed by atoms with van der Waals surface area (Å²) in [6, 6.07) is 0. The summed E-state index contributed by atoms with van der Waals surface area (Å²) in [5, 5.41) is 0. The summed E-state index contributed by atoms with van der Waals surface area (Å²) in [5.74, 6) is 0.101. The number of halogens is 1. The first-order valence-electron chi connectivity index (χ1n) is 4.51. The fourth-order valence-electron chi connectivity index (χ4n) is 1.61. The molecule has 0 N–H and O–H groups in total. The molecule has 0 aromatic heterocycles. The highest BCUT2D eigenvalue weighted by Gasteiger charge is 2.29. The molecule has 1 aliphatic heterocycles. The fraction of sp³-hybridized carbons (Fsp3) is 1.00. The highest BCUT2D eigenvalue weighted by atomic mass is 19.1. The molecule has 0 spiro atoms. The van der Waals surface area contributed by atoms with Crippen molar-refractivity contribution in [3.8, 4) is 0 Å². The molecule has 66 valence electrons. The van der Waals surface area contributed by atoms with Crippen LogP contribution in [0.15, 0.2) is 0 Å². The first kappa shape index (κ1) is 8.98. The number of rotatable bonds is 2. The van der Waals surface area contributed by atoms with Gasteiger partial charge in [-0.1, -0.05) is 20.3 Å². The quantitative estimate of drug-likeness (QED) is 0.603.